The third-order valence-electron chi connectivity index (χ3n) is 7.19. The lowest BCUT2D eigenvalue weighted by molar-refractivity contribution is -0.763. The van der Waals surface area contributed by atoms with E-state index in [9.17, 15) is 29.9 Å². The molecule has 2 rings (SSSR count). The Labute approximate surface area is 225 Å². The molecule has 1 saturated carbocycles. The Morgan fingerprint density at radius 3 is 2.50 bits per heavy atom. The number of carbonyl (C=O) groups excluding carboxylic acids is 2. The van der Waals surface area contributed by atoms with Gasteiger partial charge in [0.2, 0.25) is 0 Å². The summed E-state index contributed by atoms with van der Waals surface area (Å²) in [7, 11) is 0. The second kappa shape index (κ2) is 17.7. The van der Waals surface area contributed by atoms with E-state index in [1.807, 2.05) is 12.2 Å². The molecule has 1 aliphatic carbocycles. The lowest BCUT2D eigenvalue weighted by Crippen LogP contribution is -2.22. The lowest BCUT2D eigenvalue weighted by Gasteiger charge is -2.22. The first-order valence-corrected chi connectivity index (χ1v) is 13.9. The Bertz CT molecular complexity index is 902. The van der Waals surface area contributed by atoms with Gasteiger partial charge < -0.3 is 19.8 Å². The van der Waals surface area contributed by atoms with Crippen LogP contribution in [0.1, 0.15) is 96.0 Å². The van der Waals surface area contributed by atoms with Crippen molar-refractivity contribution in [2.24, 2.45) is 11.8 Å². The van der Waals surface area contributed by atoms with Crippen LogP contribution >= 0.6 is 0 Å². The van der Waals surface area contributed by atoms with E-state index in [0.717, 1.165) is 12.8 Å². The van der Waals surface area contributed by atoms with Crippen LogP contribution in [-0.4, -0.2) is 39.3 Å². The van der Waals surface area contributed by atoms with Crippen molar-refractivity contribution >= 4 is 11.8 Å². The van der Waals surface area contributed by atoms with E-state index in [0.29, 0.717) is 50.5 Å². The highest BCUT2D eigenvalue weighted by molar-refractivity contribution is 5.78. The number of hydrogen-bond acceptors (Lipinski definition) is 8. The minimum atomic E-state index is -0.894. The van der Waals surface area contributed by atoms with Gasteiger partial charge in [-0.25, -0.2) is 0 Å². The van der Waals surface area contributed by atoms with Crippen molar-refractivity contribution in [2.45, 2.75) is 109 Å². The Hall–Kier alpha value is -2.78. The number of Topliss-reactive ketones (excluding diaryl/α,β-unsaturated/α-hetero) is 1. The Morgan fingerprint density at radius 1 is 1.00 bits per heavy atom. The van der Waals surface area contributed by atoms with Crippen LogP contribution in [0.3, 0.4) is 0 Å². The van der Waals surface area contributed by atoms with Gasteiger partial charge in [0.25, 0.3) is 5.09 Å². The number of unbranched alkanes of at least 4 members (excludes halogenated alkanes) is 5. The van der Waals surface area contributed by atoms with E-state index in [2.05, 4.69) is 11.8 Å². The second-order valence-corrected chi connectivity index (χ2v) is 10.1. The van der Waals surface area contributed by atoms with E-state index >= 15 is 0 Å². The summed E-state index contributed by atoms with van der Waals surface area (Å²) in [5.41, 5.74) is 0.415. The van der Waals surface area contributed by atoms with Crippen LogP contribution in [0.4, 0.5) is 0 Å². The van der Waals surface area contributed by atoms with Crippen LogP contribution in [0, 0.1) is 22.0 Å². The molecule has 9 heteroatoms. The largest absolute Gasteiger partial charge is 0.426 e. The van der Waals surface area contributed by atoms with Gasteiger partial charge in [-0.1, -0.05) is 63.0 Å². The van der Waals surface area contributed by atoms with Crippen LogP contribution in [0.5, 0.6) is 5.75 Å². The smallest absolute Gasteiger partial charge is 0.311 e. The summed E-state index contributed by atoms with van der Waals surface area (Å²) in [5, 5.41) is 30.4. The number of benzene rings is 1. The van der Waals surface area contributed by atoms with Crippen molar-refractivity contribution in [2.75, 3.05) is 0 Å². The number of carbonyl (C=O) groups is 2. The number of aliphatic hydroxyl groups is 2. The molecular weight excluding hydrogens is 490 g/mol. The predicted octanol–water partition coefficient (Wildman–Crippen LogP) is 5.48. The summed E-state index contributed by atoms with van der Waals surface area (Å²) in [6.07, 6.45) is 12.3. The number of para-hydroxylation sites is 1. The zero-order chi connectivity index (χ0) is 27.8. The fraction of sp³-hybridized carbons (Fsp3) is 0.655. The molecule has 4 atom stereocenters. The zero-order valence-corrected chi connectivity index (χ0v) is 22.5. The second-order valence-electron chi connectivity index (χ2n) is 10.1. The average Bonchev–Trinajstić information content (AvgIpc) is 3.15. The molecule has 0 amide bonds. The molecule has 0 heterocycles. The lowest BCUT2D eigenvalue weighted by atomic mass is 9.86. The molecule has 212 valence electrons. The number of esters is 1. The Kier molecular flexibility index (Phi) is 14.6. The number of hydrogen-bond donors (Lipinski definition) is 2. The topological polar surface area (TPSA) is 136 Å². The first-order chi connectivity index (χ1) is 18.3. The average molecular weight is 534 g/mol. The highest BCUT2D eigenvalue weighted by atomic mass is 16.9. The standard InChI is InChI=1S/C29H43NO8/c1-2-3-4-5-8-14-23(31)18-19-25-24(26(32)20-27(25)33)15-9-6-7-10-17-29(34)38-28-16-12-11-13-22(28)21-37-30(35)36/h6,9,11-13,16,24-27,32-33H,2-5,7-8,10,14-15,17-21H2,1H3/t24-,25-,26+,27-/m1/s1. The fourth-order valence-corrected chi connectivity index (χ4v) is 5.04. The normalized spacial score (nSPS) is 21.0. The SMILES string of the molecule is CCCCCCCC(=O)CC[C@@H]1[C@@H](CC=CCCCC(=O)Oc2ccccc2CO[N+](=O)[O-])[C@@H](O)C[C@H]1O. The maximum atomic E-state index is 12.3. The highest BCUT2D eigenvalue weighted by Crippen LogP contribution is 2.38. The fourth-order valence-electron chi connectivity index (χ4n) is 5.04. The van der Waals surface area contributed by atoms with E-state index in [-0.39, 0.29) is 36.4 Å². The van der Waals surface area contributed by atoms with E-state index in [4.69, 9.17) is 4.74 Å². The van der Waals surface area contributed by atoms with Crippen LogP contribution in [-0.2, 0) is 21.0 Å². The molecule has 1 aromatic rings. The number of ketones is 1. The van der Waals surface area contributed by atoms with Crippen LogP contribution in [0.15, 0.2) is 36.4 Å². The van der Waals surface area contributed by atoms with Crippen molar-refractivity contribution < 1.29 is 34.5 Å². The van der Waals surface area contributed by atoms with Crippen LogP contribution in [0.25, 0.3) is 0 Å². The van der Waals surface area contributed by atoms with Gasteiger partial charge in [-0.05, 0) is 56.4 Å². The summed E-state index contributed by atoms with van der Waals surface area (Å²) in [5.74, 6) is -0.125. The highest BCUT2D eigenvalue weighted by Gasteiger charge is 2.40. The molecule has 38 heavy (non-hydrogen) atoms. The molecular formula is C29H43NO8. The summed E-state index contributed by atoms with van der Waals surface area (Å²) in [6, 6.07) is 6.52. The van der Waals surface area contributed by atoms with Gasteiger partial charge in [-0.3, -0.25) is 9.59 Å². The molecule has 1 fully saturated rings. The van der Waals surface area contributed by atoms with Crippen molar-refractivity contribution in [1.82, 2.24) is 0 Å². The number of rotatable bonds is 19. The molecule has 1 aromatic carbocycles. The van der Waals surface area contributed by atoms with Gasteiger partial charge in [0.1, 0.15) is 18.1 Å². The molecule has 0 radical (unpaired) electrons. The summed E-state index contributed by atoms with van der Waals surface area (Å²) < 4.78 is 5.34. The molecule has 0 aromatic heterocycles. The third-order valence-corrected chi connectivity index (χ3v) is 7.19. The van der Waals surface area contributed by atoms with Gasteiger partial charge in [-0.15, -0.1) is 10.1 Å². The molecule has 0 unspecified atom stereocenters. The van der Waals surface area contributed by atoms with Gasteiger partial charge in [-0.2, -0.15) is 0 Å². The summed E-state index contributed by atoms with van der Waals surface area (Å²) in [6.45, 7) is 1.87. The quantitative estimate of drug-likeness (QED) is 0.0595. The van der Waals surface area contributed by atoms with Gasteiger partial charge in [0, 0.05) is 24.8 Å². The number of aliphatic hydroxyl groups excluding tert-OH is 2. The van der Waals surface area contributed by atoms with Crippen LogP contribution < -0.4 is 4.74 Å². The maximum absolute atomic E-state index is 12.3. The maximum Gasteiger partial charge on any atom is 0.311 e. The van der Waals surface area contributed by atoms with Crippen molar-refractivity contribution in [3.8, 4) is 5.75 Å². The van der Waals surface area contributed by atoms with Gasteiger partial charge in [0.05, 0.1) is 12.2 Å². The molecule has 0 bridgehead atoms. The Morgan fingerprint density at radius 2 is 1.74 bits per heavy atom. The zero-order valence-electron chi connectivity index (χ0n) is 22.5. The first kappa shape index (κ1) is 31.4. The third kappa shape index (κ3) is 11.7. The minimum Gasteiger partial charge on any atom is -0.426 e. The number of ether oxygens (including phenoxy) is 1. The first-order valence-electron chi connectivity index (χ1n) is 13.9. The molecule has 1 aliphatic rings. The number of nitrogens with zero attached hydrogens (tertiary/aromatic N) is 1. The molecule has 2 N–H and O–H groups in total. The van der Waals surface area contributed by atoms with E-state index < -0.39 is 23.3 Å². The van der Waals surface area contributed by atoms with Crippen molar-refractivity contribution in [1.29, 1.82) is 0 Å². The number of allylic oxidation sites excluding steroid dienone is 2. The van der Waals surface area contributed by atoms with Crippen molar-refractivity contribution in [3.05, 3.63) is 52.1 Å². The molecule has 0 saturated heterocycles. The summed E-state index contributed by atoms with van der Waals surface area (Å²) >= 11 is 0. The Balaban J connectivity index is 1.69. The van der Waals surface area contributed by atoms with Crippen molar-refractivity contribution in [3.63, 3.8) is 0 Å². The predicted molar refractivity (Wildman–Crippen MR) is 143 cm³/mol. The van der Waals surface area contributed by atoms with Gasteiger partial charge in [0.15, 0.2) is 0 Å². The monoisotopic (exact) mass is 533 g/mol. The van der Waals surface area contributed by atoms with Gasteiger partial charge >= 0.3 is 5.97 Å². The summed E-state index contributed by atoms with van der Waals surface area (Å²) in [4.78, 5) is 39.3. The molecule has 9 nitrogen and oxygen atoms in total. The minimum absolute atomic E-state index is 0.0820. The molecule has 0 aliphatic heterocycles. The van der Waals surface area contributed by atoms with E-state index in [1.165, 1.54) is 19.3 Å². The van der Waals surface area contributed by atoms with Crippen LogP contribution in [0.2, 0.25) is 0 Å². The van der Waals surface area contributed by atoms with E-state index in [1.54, 1.807) is 24.3 Å². The molecule has 0 spiro atoms.